The normalized spacial score (nSPS) is 11.0. The van der Waals surface area contributed by atoms with Gasteiger partial charge in [-0.2, -0.15) is 0 Å². The Bertz CT molecular complexity index is 308. The highest BCUT2D eigenvalue weighted by Gasteiger charge is 1.98. The van der Waals surface area contributed by atoms with E-state index >= 15 is 0 Å². The first-order valence-corrected chi connectivity index (χ1v) is 4.81. The summed E-state index contributed by atoms with van der Waals surface area (Å²) in [6, 6.07) is 5.39. The highest BCUT2D eigenvalue weighted by Crippen LogP contribution is 2.17. The molecule has 3 heteroatoms. The smallest absolute Gasteiger partial charge is 0.0688 e. The molecule has 0 heterocycles. The minimum atomic E-state index is -0.0114. The van der Waals surface area contributed by atoms with E-state index < -0.39 is 0 Å². The highest BCUT2D eigenvalue weighted by molar-refractivity contribution is 6.30. The number of allylic oxidation sites excluding steroid dienone is 1. The lowest BCUT2D eigenvalue weighted by Crippen LogP contribution is -1.87. The summed E-state index contributed by atoms with van der Waals surface area (Å²) in [5, 5.41) is 9.65. The average molecular weight is 217 g/mol. The van der Waals surface area contributed by atoms with Gasteiger partial charge in [0.25, 0.3) is 0 Å². The summed E-state index contributed by atoms with van der Waals surface area (Å²) in [6.07, 6.45) is 3.69. The van der Waals surface area contributed by atoms with Crippen molar-refractivity contribution in [3.63, 3.8) is 0 Å². The van der Waals surface area contributed by atoms with Crippen molar-refractivity contribution in [1.29, 1.82) is 0 Å². The first kappa shape index (κ1) is 10.6. The molecule has 0 aromatic heterocycles. The molecule has 0 amide bonds. The average Bonchev–Trinajstić information content (AvgIpc) is 2.16. The number of aliphatic hydroxyl groups is 1. The van der Waals surface area contributed by atoms with Crippen LogP contribution >= 0.6 is 23.2 Å². The molecule has 0 bridgehead atoms. The van der Waals surface area contributed by atoms with E-state index in [1.807, 2.05) is 18.2 Å². The molecule has 1 N–H and O–H groups in total. The summed E-state index contributed by atoms with van der Waals surface area (Å²) < 4.78 is 0. The number of hydrogen-bond donors (Lipinski definition) is 1. The maximum atomic E-state index is 9.02. The summed E-state index contributed by atoms with van der Waals surface area (Å²) in [4.78, 5) is 0. The van der Waals surface area contributed by atoms with Gasteiger partial charge in [-0.25, -0.2) is 0 Å². The molecule has 0 spiro atoms. The maximum absolute atomic E-state index is 9.02. The van der Waals surface area contributed by atoms with Crippen LogP contribution in [0.25, 0.3) is 6.08 Å². The van der Waals surface area contributed by atoms with Crippen molar-refractivity contribution in [3.05, 3.63) is 40.4 Å². The molecule has 1 rings (SSSR count). The van der Waals surface area contributed by atoms with Gasteiger partial charge in [0, 0.05) is 10.9 Å². The molecule has 1 aromatic rings. The number of halogens is 2. The SMILES string of the molecule is OCc1cc(Cl)ccc1C=CCCl. The van der Waals surface area contributed by atoms with Crippen molar-refractivity contribution in [2.75, 3.05) is 5.88 Å². The van der Waals surface area contributed by atoms with Gasteiger partial charge in [0.05, 0.1) is 6.61 Å². The van der Waals surface area contributed by atoms with Crippen LogP contribution in [0.5, 0.6) is 0 Å². The molecule has 0 aliphatic rings. The number of hydrogen-bond acceptors (Lipinski definition) is 1. The highest BCUT2D eigenvalue weighted by atomic mass is 35.5. The van der Waals surface area contributed by atoms with Crippen LogP contribution in [0, 0.1) is 0 Å². The van der Waals surface area contributed by atoms with Gasteiger partial charge in [0.15, 0.2) is 0 Å². The van der Waals surface area contributed by atoms with Crippen LogP contribution in [0.1, 0.15) is 11.1 Å². The fraction of sp³-hybridized carbons (Fsp3) is 0.200. The third kappa shape index (κ3) is 3.03. The Morgan fingerprint density at radius 3 is 2.77 bits per heavy atom. The summed E-state index contributed by atoms with van der Waals surface area (Å²) in [5.74, 6) is 0.466. The summed E-state index contributed by atoms with van der Waals surface area (Å²) in [7, 11) is 0. The Morgan fingerprint density at radius 2 is 2.15 bits per heavy atom. The molecule has 0 aliphatic carbocycles. The second kappa shape index (κ2) is 5.28. The van der Waals surface area contributed by atoms with Crippen LogP contribution < -0.4 is 0 Å². The van der Waals surface area contributed by atoms with Crippen molar-refractivity contribution < 1.29 is 5.11 Å². The summed E-state index contributed by atoms with van der Waals surface area (Å²) in [5.41, 5.74) is 1.77. The monoisotopic (exact) mass is 216 g/mol. The van der Waals surface area contributed by atoms with E-state index in [0.717, 1.165) is 11.1 Å². The molecule has 0 atom stereocenters. The molecule has 0 fully saturated rings. The second-order valence-corrected chi connectivity index (χ2v) is 3.30. The van der Waals surface area contributed by atoms with Crippen LogP contribution in [-0.2, 0) is 6.61 Å². The molecule has 0 unspecified atom stereocenters. The molecule has 0 saturated carbocycles. The Labute approximate surface area is 87.6 Å². The predicted molar refractivity (Wildman–Crippen MR) is 57.1 cm³/mol. The van der Waals surface area contributed by atoms with Crippen LogP contribution in [0.2, 0.25) is 5.02 Å². The van der Waals surface area contributed by atoms with Gasteiger partial charge in [0.1, 0.15) is 0 Å². The molecule has 1 nitrogen and oxygen atoms in total. The predicted octanol–water partition coefficient (Wildman–Crippen LogP) is 3.08. The van der Waals surface area contributed by atoms with Crippen molar-refractivity contribution in [1.82, 2.24) is 0 Å². The molecule has 0 aliphatic heterocycles. The molecule has 70 valence electrons. The number of benzene rings is 1. The zero-order valence-corrected chi connectivity index (χ0v) is 8.52. The molecule has 13 heavy (non-hydrogen) atoms. The zero-order valence-electron chi connectivity index (χ0n) is 7.00. The minimum absolute atomic E-state index is 0.0114. The van der Waals surface area contributed by atoms with Gasteiger partial charge < -0.3 is 5.11 Å². The van der Waals surface area contributed by atoms with Crippen molar-refractivity contribution >= 4 is 29.3 Å². The van der Waals surface area contributed by atoms with E-state index in [-0.39, 0.29) is 6.61 Å². The fourth-order valence-corrected chi connectivity index (χ4v) is 1.33. The quantitative estimate of drug-likeness (QED) is 0.771. The molecule has 0 radical (unpaired) electrons. The first-order chi connectivity index (χ1) is 6.27. The minimum Gasteiger partial charge on any atom is -0.392 e. The van der Waals surface area contributed by atoms with E-state index in [1.54, 1.807) is 12.1 Å². The van der Waals surface area contributed by atoms with Gasteiger partial charge in [-0.3, -0.25) is 0 Å². The molecule has 1 aromatic carbocycles. The third-order valence-electron chi connectivity index (χ3n) is 1.66. The Kier molecular flexibility index (Phi) is 4.29. The maximum Gasteiger partial charge on any atom is 0.0688 e. The Hall–Kier alpha value is -0.500. The van der Waals surface area contributed by atoms with Crippen LogP contribution in [-0.4, -0.2) is 11.0 Å². The standard InChI is InChI=1S/C10H10Cl2O/c11-5-1-2-8-3-4-10(12)6-9(8)7-13/h1-4,6,13H,5,7H2. The topological polar surface area (TPSA) is 20.2 Å². The first-order valence-electron chi connectivity index (χ1n) is 3.89. The zero-order chi connectivity index (χ0) is 9.68. The Morgan fingerprint density at radius 1 is 1.38 bits per heavy atom. The van der Waals surface area contributed by atoms with E-state index in [9.17, 15) is 0 Å². The number of rotatable bonds is 3. The van der Waals surface area contributed by atoms with Gasteiger partial charge in [0.2, 0.25) is 0 Å². The lowest BCUT2D eigenvalue weighted by atomic mass is 10.1. The van der Waals surface area contributed by atoms with Gasteiger partial charge in [-0.1, -0.05) is 29.8 Å². The second-order valence-electron chi connectivity index (χ2n) is 2.56. The number of aliphatic hydroxyl groups excluding tert-OH is 1. The molecular weight excluding hydrogens is 207 g/mol. The largest absolute Gasteiger partial charge is 0.392 e. The van der Waals surface area contributed by atoms with Crippen molar-refractivity contribution in [3.8, 4) is 0 Å². The van der Waals surface area contributed by atoms with E-state index in [2.05, 4.69) is 0 Å². The lowest BCUT2D eigenvalue weighted by Gasteiger charge is -2.02. The number of alkyl halides is 1. The fourth-order valence-electron chi connectivity index (χ4n) is 1.05. The van der Waals surface area contributed by atoms with E-state index in [1.165, 1.54) is 0 Å². The van der Waals surface area contributed by atoms with Gasteiger partial charge >= 0.3 is 0 Å². The molecular formula is C10H10Cl2O. The van der Waals surface area contributed by atoms with Gasteiger partial charge in [-0.15, -0.1) is 11.6 Å². The third-order valence-corrected chi connectivity index (χ3v) is 2.08. The van der Waals surface area contributed by atoms with Crippen molar-refractivity contribution in [2.45, 2.75) is 6.61 Å². The molecule has 0 saturated heterocycles. The Balaban J connectivity index is 2.99. The van der Waals surface area contributed by atoms with Crippen molar-refractivity contribution in [2.24, 2.45) is 0 Å². The van der Waals surface area contributed by atoms with Crippen LogP contribution in [0.3, 0.4) is 0 Å². The van der Waals surface area contributed by atoms with Crippen LogP contribution in [0.15, 0.2) is 24.3 Å². The van der Waals surface area contributed by atoms with E-state index in [4.69, 9.17) is 28.3 Å². The lowest BCUT2D eigenvalue weighted by molar-refractivity contribution is 0.281. The van der Waals surface area contributed by atoms with Gasteiger partial charge in [-0.05, 0) is 23.3 Å². The summed E-state index contributed by atoms with van der Waals surface area (Å²) in [6.45, 7) is -0.0114. The van der Waals surface area contributed by atoms with E-state index in [0.29, 0.717) is 10.9 Å². The summed E-state index contributed by atoms with van der Waals surface area (Å²) >= 11 is 11.3. The van der Waals surface area contributed by atoms with Crippen LogP contribution in [0.4, 0.5) is 0 Å².